The normalized spacial score (nSPS) is 14.5. The third-order valence-corrected chi connectivity index (χ3v) is 8.11. The van der Waals surface area contributed by atoms with Crippen molar-refractivity contribution in [2.75, 3.05) is 0 Å². The zero-order chi connectivity index (χ0) is 9.03. The molecule has 0 saturated heterocycles. The second-order valence-electron chi connectivity index (χ2n) is 2.13. The van der Waals surface area contributed by atoms with Gasteiger partial charge in [-0.25, -0.2) is 0 Å². The van der Waals surface area contributed by atoms with Crippen LogP contribution < -0.4 is 0 Å². The van der Waals surface area contributed by atoms with Crippen molar-refractivity contribution in [3.8, 4) is 0 Å². The second-order valence-corrected chi connectivity index (χ2v) is 10.2. The van der Waals surface area contributed by atoms with E-state index < -0.39 is 14.7 Å². The maximum absolute atomic E-state index is 10.5. The molecule has 0 unspecified atom stereocenters. The average molecular weight is 333 g/mol. The number of allylic oxidation sites excluding steroid dienone is 4. The monoisotopic (exact) mass is 333 g/mol. The molecule has 1 rings (SSSR count). The molecule has 0 aromatic carbocycles. The van der Waals surface area contributed by atoms with Crippen molar-refractivity contribution in [3.05, 3.63) is 22.2 Å². The summed E-state index contributed by atoms with van der Waals surface area (Å²) >= 11 is -4.15. The van der Waals surface area contributed by atoms with Gasteiger partial charge in [0.25, 0.3) is 0 Å². The van der Waals surface area contributed by atoms with Crippen molar-refractivity contribution in [2.24, 2.45) is 0 Å². The van der Waals surface area contributed by atoms with Gasteiger partial charge in [-0.15, -0.1) is 0 Å². The Kier molecular flexibility index (Phi) is 2.65. The van der Waals surface area contributed by atoms with Gasteiger partial charge in [0, 0.05) is 0 Å². The Balaban J connectivity index is 3.69. The summed E-state index contributed by atoms with van der Waals surface area (Å²) in [4.78, 5) is 31.4. The van der Waals surface area contributed by atoms with Crippen LogP contribution in [-0.4, -0.2) is 12.8 Å². The molecule has 0 amide bonds. The Morgan fingerprint density at radius 3 is 2.08 bits per heavy atom. The second kappa shape index (κ2) is 3.54. The van der Waals surface area contributed by atoms with Crippen LogP contribution in [0.15, 0.2) is 22.2 Å². The van der Waals surface area contributed by atoms with Gasteiger partial charge in [0.05, 0.1) is 0 Å². The van der Waals surface area contributed by atoms with E-state index in [1.165, 1.54) is 0 Å². The van der Waals surface area contributed by atoms with E-state index in [1.807, 2.05) is 0 Å². The zero-order valence-corrected chi connectivity index (χ0v) is 9.01. The Bertz CT molecular complexity index is 458. The van der Waals surface area contributed by atoms with Crippen LogP contribution in [0.1, 0.15) is 6.42 Å². The van der Waals surface area contributed by atoms with Gasteiger partial charge in [-0.05, 0) is 0 Å². The molecule has 0 aromatic heterocycles. The SMILES string of the molecule is O=[C]=[W](=[C]=O)(=[C]=O)[C]1=CC=CC1. The van der Waals surface area contributed by atoms with Crippen molar-refractivity contribution in [1.29, 1.82) is 0 Å². The Hall–Kier alpha value is -1.09. The van der Waals surface area contributed by atoms with Crippen LogP contribution in [0.2, 0.25) is 0 Å². The van der Waals surface area contributed by atoms with E-state index in [9.17, 15) is 14.4 Å². The standard InChI is InChI=1S/C5H5.3CO.W/c1-2-4-5-3-1;3*1-2;/h1-3H,4H2;;;;. The minimum atomic E-state index is -4.15. The number of hydrogen-bond acceptors (Lipinski definition) is 3. The summed E-state index contributed by atoms with van der Waals surface area (Å²) in [7, 11) is 0. The molecule has 4 heteroatoms. The molecule has 0 atom stereocenters. The molecular formula is C8H5O3W. The summed E-state index contributed by atoms with van der Waals surface area (Å²) in [6.45, 7) is 0. The van der Waals surface area contributed by atoms with Gasteiger partial charge >= 0.3 is 70.5 Å². The van der Waals surface area contributed by atoms with Gasteiger partial charge in [0.2, 0.25) is 0 Å². The third kappa shape index (κ3) is 1.27. The van der Waals surface area contributed by atoms with E-state index in [4.69, 9.17) is 0 Å². The molecule has 61 valence electrons. The van der Waals surface area contributed by atoms with Crippen LogP contribution in [0.5, 0.6) is 0 Å². The van der Waals surface area contributed by atoms with Crippen molar-refractivity contribution in [1.82, 2.24) is 0 Å². The van der Waals surface area contributed by atoms with E-state index in [0.29, 0.717) is 10.4 Å². The number of hydrogen-bond donors (Lipinski definition) is 0. The summed E-state index contributed by atoms with van der Waals surface area (Å²) in [5.74, 6) is 0. The summed E-state index contributed by atoms with van der Waals surface area (Å²) in [6.07, 6.45) is 5.62. The molecule has 0 saturated carbocycles. The molecule has 0 heterocycles. The molecule has 0 fully saturated rings. The molecule has 0 N–H and O–H groups in total. The van der Waals surface area contributed by atoms with Gasteiger partial charge in [-0.1, -0.05) is 0 Å². The van der Waals surface area contributed by atoms with Gasteiger partial charge in [-0.3, -0.25) is 0 Å². The first-order valence-corrected chi connectivity index (χ1v) is 9.01. The summed E-state index contributed by atoms with van der Waals surface area (Å²) in [6, 6.07) is 0. The molecule has 0 spiro atoms. The fraction of sp³-hybridized carbons (Fsp3) is 0.125. The number of rotatable bonds is 1. The molecule has 1 aliphatic rings. The molecule has 0 aliphatic heterocycles. The Morgan fingerprint density at radius 1 is 1.17 bits per heavy atom. The number of carbonyl (C=O) groups excluding carboxylic acids is 3. The van der Waals surface area contributed by atoms with Crippen molar-refractivity contribution < 1.29 is 29.1 Å². The molecular weight excluding hydrogens is 328 g/mol. The zero-order valence-electron chi connectivity index (χ0n) is 6.07. The van der Waals surface area contributed by atoms with Gasteiger partial charge in [-0.2, -0.15) is 0 Å². The molecule has 0 radical (unpaired) electrons. The van der Waals surface area contributed by atoms with Crippen molar-refractivity contribution >= 4 is 12.8 Å². The van der Waals surface area contributed by atoms with Crippen LogP contribution in [0.4, 0.5) is 0 Å². The van der Waals surface area contributed by atoms with E-state index in [2.05, 4.69) is 0 Å². The summed E-state index contributed by atoms with van der Waals surface area (Å²) in [5.41, 5.74) is 0. The van der Waals surface area contributed by atoms with Crippen LogP contribution in [0.25, 0.3) is 0 Å². The van der Waals surface area contributed by atoms with E-state index >= 15 is 0 Å². The van der Waals surface area contributed by atoms with Gasteiger partial charge in [0.15, 0.2) is 0 Å². The van der Waals surface area contributed by atoms with Crippen molar-refractivity contribution in [2.45, 2.75) is 6.42 Å². The van der Waals surface area contributed by atoms with E-state index in [-0.39, 0.29) is 0 Å². The first-order chi connectivity index (χ1) is 5.79. The topological polar surface area (TPSA) is 51.2 Å². The van der Waals surface area contributed by atoms with Crippen LogP contribution >= 0.6 is 0 Å². The third-order valence-electron chi connectivity index (χ3n) is 1.51. The molecule has 12 heavy (non-hydrogen) atoms. The molecule has 1 aliphatic carbocycles. The fourth-order valence-electron chi connectivity index (χ4n) is 0.866. The minimum absolute atomic E-state index is 0.495. The first kappa shape index (κ1) is 9.00. The molecule has 0 aromatic rings. The Labute approximate surface area is 70.7 Å². The first-order valence-electron chi connectivity index (χ1n) is 3.15. The van der Waals surface area contributed by atoms with E-state index in [0.717, 1.165) is 0 Å². The quantitative estimate of drug-likeness (QED) is 0.688. The predicted molar refractivity (Wildman–Crippen MR) is 38.9 cm³/mol. The molecule has 3 nitrogen and oxygen atoms in total. The van der Waals surface area contributed by atoms with Crippen LogP contribution in [-0.2, 0) is 29.1 Å². The van der Waals surface area contributed by atoms with Crippen LogP contribution in [0, 0.1) is 0 Å². The Morgan fingerprint density at radius 2 is 1.75 bits per heavy atom. The van der Waals surface area contributed by atoms with Gasteiger partial charge in [0.1, 0.15) is 0 Å². The fourth-order valence-corrected chi connectivity index (χ4v) is 4.65. The summed E-state index contributed by atoms with van der Waals surface area (Å²) < 4.78 is 5.26. The van der Waals surface area contributed by atoms with Crippen molar-refractivity contribution in [3.63, 3.8) is 0 Å². The van der Waals surface area contributed by atoms with Gasteiger partial charge < -0.3 is 0 Å². The van der Waals surface area contributed by atoms with E-state index in [1.54, 1.807) is 31.0 Å². The van der Waals surface area contributed by atoms with Crippen LogP contribution in [0.3, 0.4) is 0 Å². The summed E-state index contributed by atoms with van der Waals surface area (Å²) in [5, 5.41) is 0. The maximum atomic E-state index is 10.5. The predicted octanol–water partition coefficient (Wildman–Crippen LogP) is 0.186. The molecule has 0 bridgehead atoms. The average Bonchev–Trinajstić information content (AvgIpc) is 2.62.